The second-order valence-electron chi connectivity index (χ2n) is 6.10. The van der Waals surface area contributed by atoms with Crippen LogP contribution in [-0.4, -0.2) is 11.8 Å². The van der Waals surface area contributed by atoms with Crippen molar-refractivity contribution in [3.63, 3.8) is 0 Å². The van der Waals surface area contributed by atoms with Crippen LogP contribution >= 0.6 is 46.4 Å². The highest BCUT2D eigenvalue weighted by molar-refractivity contribution is 6.42. The number of hydrogen-bond acceptors (Lipinski definition) is 2. The molecular weight excluding hydrogens is 454 g/mol. The lowest BCUT2D eigenvalue weighted by Crippen LogP contribution is -2.32. The zero-order chi connectivity index (χ0) is 21.0. The molecule has 2 N–H and O–H groups in total. The van der Waals surface area contributed by atoms with E-state index in [-0.39, 0.29) is 5.02 Å². The van der Waals surface area contributed by atoms with Crippen molar-refractivity contribution < 1.29 is 9.59 Å². The average molecular weight is 468 g/mol. The number of benzene rings is 3. The molecule has 0 spiro atoms. The number of nitrogens with one attached hydrogen (secondary N) is 2. The minimum Gasteiger partial charge on any atom is -0.325 e. The van der Waals surface area contributed by atoms with Gasteiger partial charge in [0, 0.05) is 21.4 Å². The molecule has 0 aliphatic carbocycles. The molecule has 0 radical (unpaired) electrons. The smallest absolute Gasteiger partial charge is 0.241 e. The average Bonchev–Trinajstić information content (AvgIpc) is 2.68. The van der Waals surface area contributed by atoms with Crippen molar-refractivity contribution in [1.29, 1.82) is 0 Å². The predicted octanol–water partition coefficient (Wildman–Crippen LogP) is 6.66. The number of carbonyl (C=O) groups is 2. The van der Waals surface area contributed by atoms with Crippen LogP contribution in [0.4, 0.5) is 11.4 Å². The minimum absolute atomic E-state index is 0.243. The van der Waals surface area contributed by atoms with Gasteiger partial charge in [-0.3, -0.25) is 9.59 Å². The van der Waals surface area contributed by atoms with Crippen LogP contribution in [0.1, 0.15) is 11.5 Å². The molecule has 0 aliphatic heterocycles. The Morgan fingerprint density at radius 1 is 0.621 bits per heavy atom. The fourth-order valence-corrected chi connectivity index (χ4v) is 3.17. The van der Waals surface area contributed by atoms with Crippen molar-refractivity contribution in [2.75, 3.05) is 10.6 Å². The normalized spacial score (nSPS) is 10.7. The van der Waals surface area contributed by atoms with Crippen LogP contribution in [0.25, 0.3) is 0 Å². The largest absolute Gasteiger partial charge is 0.325 e. The predicted molar refractivity (Wildman–Crippen MR) is 119 cm³/mol. The molecule has 2 amide bonds. The van der Waals surface area contributed by atoms with E-state index in [9.17, 15) is 9.59 Å². The highest BCUT2D eigenvalue weighted by Crippen LogP contribution is 2.29. The van der Waals surface area contributed by atoms with E-state index >= 15 is 0 Å². The topological polar surface area (TPSA) is 58.2 Å². The van der Waals surface area contributed by atoms with Gasteiger partial charge < -0.3 is 10.6 Å². The van der Waals surface area contributed by atoms with E-state index in [4.69, 9.17) is 46.4 Å². The Hall–Kier alpha value is -2.24. The van der Waals surface area contributed by atoms with Gasteiger partial charge >= 0.3 is 0 Å². The first-order valence-electron chi connectivity index (χ1n) is 8.41. The third kappa shape index (κ3) is 5.64. The van der Waals surface area contributed by atoms with Crippen LogP contribution in [0.2, 0.25) is 20.1 Å². The molecule has 0 saturated heterocycles. The van der Waals surface area contributed by atoms with Crippen LogP contribution in [0.5, 0.6) is 0 Å². The van der Waals surface area contributed by atoms with Crippen LogP contribution in [0.3, 0.4) is 0 Å². The summed E-state index contributed by atoms with van der Waals surface area (Å²) in [7, 11) is 0. The van der Waals surface area contributed by atoms with Gasteiger partial charge in [0.25, 0.3) is 0 Å². The van der Waals surface area contributed by atoms with Gasteiger partial charge in [-0.1, -0.05) is 52.5 Å². The van der Waals surface area contributed by atoms with E-state index < -0.39 is 17.7 Å². The number of hydrogen-bond donors (Lipinski definition) is 2. The summed E-state index contributed by atoms with van der Waals surface area (Å²) >= 11 is 23.8. The lowest BCUT2D eigenvalue weighted by Gasteiger charge is -2.18. The summed E-state index contributed by atoms with van der Waals surface area (Å²) < 4.78 is 0. The number of rotatable bonds is 5. The molecule has 0 saturated carbocycles. The summed E-state index contributed by atoms with van der Waals surface area (Å²) in [4.78, 5) is 26.0. The zero-order valence-corrected chi connectivity index (χ0v) is 17.8. The van der Waals surface area contributed by atoms with Crippen LogP contribution < -0.4 is 10.6 Å². The Kier molecular flexibility index (Phi) is 7.04. The minimum atomic E-state index is -1.17. The molecule has 0 aliphatic rings. The third-order valence-corrected chi connectivity index (χ3v) is 5.27. The van der Waals surface area contributed by atoms with E-state index in [1.807, 2.05) is 0 Å². The maximum Gasteiger partial charge on any atom is 0.241 e. The van der Waals surface area contributed by atoms with Gasteiger partial charge in [-0.15, -0.1) is 0 Å². The van der Waals surface area contributed by atoms with Gasteiger partial charge in [-0.05, 0) is 66.2 Å². The molecule has 3 rings (SSSR count). The number of amides is 2. The van der Waals surface area contributed by atoms with Crippen LogP contribution in [0, 0.1) is 0 Å². The second kappa shape index (κ2) is 9.51. The first kappa shape index (κ1) is 21.5. The van der Waals surface area contributed by atoms with Crippen molar-refractivity contribution in [1.82, 2.24) is 0 Å². The monoisotopic (exact) mass is 466 g/mol. The molecule has 0 atom stereocenters. The van der Waals surface area contributed by atoms with Crippen molar-refractivity contribution in [2.45, 2.75) is 5.92 Å². The molecule has 4 nitrogen and oxygen atoms in total. The van der Waals surface area contributed by atoms with Crippen LogP contribution in [0.15, 0.2) is 66.7 Å². The third-order valence-electron chi connectivity index (χ3n) is 4.02. The molecule has 3 aromatic rings. The number of halogens is 4. The van der Waals surface area contributed by atoms with Crippen LogP contribution in [-0.2, 0) is 9.59 Å². The molecular formula is C21H14Cl4N2O2. The molecule has 29 heavy (non-hydrogen) atoms. The summed E-state index contributed by atoms with van der Waals surface area (Å²) in [5, 5.41) is 7.08. The van der Waals surface area contributed by atoms with E-state index in [1.54, 1.807) is 54.6 Å². The summed E-state index contributed by atoms with van der Waals surface area (Å²) in [5.41, 5.74) is 1.41. The molecule has 0 heterocycles. The Morgan fingerprint density at radius 3 is 1.48 bits per heavy atom. The maximum atomic E-state index is 13.0. The molecule has 0 bridgehead atoms. The quantitative estimate of drug-likeness (QED) is 0.412. The van der Waals surface area contributed by atoms with Gasteiger partial charge in [0.15, 0.2) is 0 Å². The van der Waals surface area contributed by atoms with E-state index in [2.05, 4.69) is 10.6 Å². The first-order chi connectivity index (χ1) is 13.8. The zero-order valence-electron chi connectivity index (χ0n) is 14.8. The molecule has 3 aromatic carbocycles. The van der Waals surface area contributed by atoms with Gasteiger partial charge in [-0.2, -0.15) is 0 Å². The molecule has 0 aromatic heterocycles. The van der Waals surface area contributed by atoms with Crippen molar-refractivity contribution in [3.8, 4) is 0 Å². The lowest BCUT2D eigenvalue weighted by atomic mass is 9.96. The number of anilines is 2. The van der Waals surface area contributed by atoms with Crippen molar-refractivity contribution in [3.05, 3.63) is 92.4 Å². The Bertz CT molecular complexity index is 978. The summed E-state index contributed by atoms with van der Waals surface area (Å²) in [5.74, 6) is -2.23. The lowest BCUT2D eigenvalue weighted by molar-refractivity contribution is -0.125. The van der Waals surface area contributed by atoms with Gasteiger partial charge in [0.1, 0.15) is 5.92 Å². The van der Waals surface area contributed by atoms with Gasteiger partial charge in [0.2, 0.25) is 11.8 Å². The highest BCUT2D eigenvalue weighted by Gasteiger charge is 2.29. The second-order valence-corrected chi connectivity index (χ2v) is 7.79. The Balaban J connectivity index is 1.90. The van der Waals surface area contributed by atoms with Gasteiger partial charge in [0.05, 0.1) is 10.0 Å². The number of carbonyl (C=O) groups excluding carboxylic acids is 2. The van der Waals surface area contributed by atoms with Crippen molar-refractivity contribution in [2.24, 2.45) is 0 Å². The molecule has 148 valence electrons. The first-order valence-corrected chi connectivity index (χ1v) is 9.92. The Labute approximate surface area is 187 Å². The summed E-state index contributed by atoms with van der Waals surface area (Å²) in [6, 6.07) is 17.7. The SMILES string of the molecule is O=C(Nc1ccc(Cl)cc1)C(C(=O)Nc1ccc(Cl)cc1)c1ccc(Cl)c(Cl)c1. The maximum absolute atomic E-state index is 13.0. The Morgan fingerprint density at radius 2 is 1.07 bits per heavy atom. The highest BCUT2D eigenvalue weighted by atomic mass is 35.5. The fourth-order valence-electron chi connectivity index (χ4n) is 2.61. The molecule has 0 unspecified atom stereocenters. The summed E-state index contributed by atoms with van der Waals surface area (Å²) in [6.07, 6.45) is 0. The van der Waals surface area contributed by atoms with Gasteiger partial charge in [-0.25, -0.2) is 0 Å². The van der Waals surface area contributed by atoms with Crippen molar-refractivity contribution >= 4 is 69.6 Å². The van der Waals surface area contributed by atoms with E-state index in [0.29, 0.717) is 32.0 Å². The molecule has 0 fully saturated rings. The van der Waals surface area contributed by atoms with E-state index in [1.165, 1.54) is 12.1 Å². The fraction of sp³-hybridized carbons (Fsp3) is 0.0476. The molecule has 8 heteroatoms. The summed E-state index contributed by atoms with van der Waals surface area (Å²) in [6.45, 7) is 0. The standard InChI is InChI=1S/C21H14Cl4N2O2/c22-13-2-6-15(7-3-13)26-20(28)19(12-1-10-17(24)18(25)11-12)21(29)27-16-8-4-14(23)5-9-16/h1-11,19H,(H,26,28)(H,27,29). The van der Waals surface area contributed by atoms with E-state index in [0.717, 1.165) is 0 Å².